The molecule has 1 fully saturated rings. The van der Waals surface area contributed by atoms with Crippen LogP contribution in [-0.2, 0) is 6.54 Å². The number of nitrogens with zero attached hydrogens (tertiary/aromatic N) is 1. The first-order valence-corrected chi connectivity index (χ1v) is 7.83. The Bertz CT molecular complexity index is 544. The van der Waals surface area contributed by atoms with Gasteiger partial charge in [-0.25, -0.2) is 4.79 Å². The zero-order valence-corrected chi connectivity index (χ0v) is 13.5. The van der Waals surface area contributed by atoms with E-state index in [1.54, 1.807) is 12.1 Å². The highest BCUT2D eigenvalue weighted by Gasteiger charge is 2.28. The molecule has 134 valence electrons. The van der Waals surface area contributed by atoms with Crippen molar-refractivity contribution in [2.24, 2.45) is 0 Å². The third-order valence-corrected chi connectivity index (χ3v) is 3.81. The lowest BCUT2D eigenvalue weighted by Crippen LogP contribution is -2.46. The number of amides is 2. The molecule has 1 heterocycles. The van der Waals surface area contributed by atoms with Gasteiger partial charge in [-0.1, -0.05) is 12.1 Å². The number of nitrogens with one attached hydrogen (secondary N) is 2. The van der Waals surface area contributed by atoms with Crippen LogP contribution in [-0.4, -0.2) is 49.9 Å². The van der Waals surface area contributed by atoms with Gasteiger partial charge in [0.1, 0.15) is 5.75 Å². The van der Waals surface area contributed by atoms with Gasteiger partial charge in [-0.2, -0.15) is 13.2 Å². The first-order chi connectivity index (χ1) is 11.3. The van der Waals surface area contributed by atoms with Crippen LogP contribution in [0.3, 0.4) is 0 Å². The molecular formula is C16H22F3N3O2. The SMILES string of the molecule is CN1CCC(NC(=O)NCc2cccc(OCC(F)(F)F)c2)CC1. The van der Waals surface area contributed by atoms with Gasteiger partial charge in [0.25, 0.3) is 0 Å². The Morgan fingerprint density at radius 1 is 1.33 bits per heavy atom. The summed E-state index contributed by atoms with van der Waals surface area (Å²) in [5.41, 5.74) is 0.674. The lowest BCUT2D eigenvalue weighted by Gasteiger charge is -2.29. The molecule has 5 nitrogen and oxygen atoms in total. The second-order valence-corrected chi connectivity index (χ2v) is 5.96. The van der Waals surface area contributed by atoms with Crippen LogP contribution >= 0.6 is 0 Å². The first kappa shape index (κ1) is 18.4. The van der Waals surface area contributed by atoms with E-state index in [1.807, 2.05) is 7.05 Å². The monoisotopic (exact) mass is 345 g/mol. The molecule has 2 N–H and O–H groups in total. The van der Waals surface area contributed by atoms with Gasteiger partial charge in [-0.15, -0.1) is 0 Å². The van der Waals surface area contributed by atoms with Gasteiger partial charge in [0, 0.05) is 12.6 Å². The summed E-state index contributed by atoms with van der Waals surface area (Å²) in [6, 6.07) is 6.14. The summed E-state index contributed by atoms with van der Waals surface area (Å²) in [5, 5.41) is 5.63. The van der Waals surface area contributed by atoms with Gasteiger partial charge in [0.15, 0.2) is 6.61 Å². The third-order valence-electron chi connectivity index (χ3n) is 3.81. The van der Waals surface area contributed by atoms with Crippen molar-refractivity contribution in [3.05, 3.63) is 29.8 Å². The molecule has 1 aliphatic rings. The van der Waals surface area contributed by atoms with E-state index in [2.05, 4.69) is 15.5 Å². The predicted molar refractivity (Wildman–Crippen MR) is 83.9 cm³/mol. The number of halogens is 3. The molecule has 0 spiro atoms. The molecule has 24 heavy (non-hydrogen) atoms. The fourth-order valence-electron chi connectivity index (χ4n) is 2.48. The third kappa shape index (κ3) is 6.66. The van der Waals surface area contributed by atoms with Crippen molar-refractivity contribution in [3.63, 3.8) is 0 Å². The molecule has 1 aromatic rings. The van der Waals surface area contributed by atoms with Crippen molar-refractivity contribution in [2.75, 3.05) is 26.7 Å². The van der Waals surface area contributed by atoms with Crippen LogP contribution in [0.15, 0.2) is 24.3 Å². The number of carbonyl (C=O) groups is 1. The number of benzene rings is 1. The zero-order valence-electron chi connectivity index (χ0n) is 13.5. The van der Waals surface area contributed by atoms with E-state index in [0.29, 0.717) is 5.56 Å². The van der Waals surface area contributed by atoms with E-state index in [4.69, 9.17) is 4.74 Å². The van der Waals surface area contributed by atoms with Crippen LogP contribution in [0.25, 0.3) is 0 Å². The molecule has 0 aromatic heterocycles. The Labute approximate surface area is 139 Å². The summed E-state index contributed by atoms with van der Waals surface area (Å²) in [6.45, 7) is 0.787. The Morgan fingerprint density at radius 2 is 2.04 bits per heavy atom. The highest BCUT2D eigenvalue weighted by molar-refractivity contribution is 5.74. The number of ether oxygens (including phenoxy) is 1. The van der Waals surface area contributed by atoms with Crippen molar-refractivity contribution in [3.8, 4) is 5.75 Å². The molecule has 2 rings (SSSR count). The average molecular weight is 345 g/mol. The second kappa shape index (κ2) is 8.23. The molecule has 1 saturated heterocycles. The Hall–Kier alpha value is -1.96. The Morgan fingerprint density at radius 3 is 2.71 bits per heavy atom. The minimum absolute atomic E-state index is 0.127. The molecule has 0 unspecified atom stereocenters. The Kier molecular flexibility index (Phi) is 6.30. The van der Waals surface area contributed by atoms with Crippen molar-refractivity contribution in [1.29, 1.82) is 0 Å². The maximum Gasteiger partial charge on any atom is 0.422 e. The van der Waals surface area contributed by atoms with Crippen LogP contribution in [0.1, 0.15) is 18.4 Å². The number of carbonyl (C=O) groups excluding carboxylic acids is 1. The highest BCUT2D eigenvalue weighted by atomic mass is 19.4. The molecule has 0 bridgehead atoms. The summed E-state index contributed by atoms with van der Waals surface area (Å²) in [7, 11) is 2.05. The molecule has 1 aromatic carbocycles. The van der Waals surface area contributed by atoms with E-state index in [-0.39, 0.29) is 24.4 Å². The predicted octanol–water partition coefficient (Wildman–Crippen LogP) is 2.52. The summed E-state index contributed by atoms with van der Waals surface area (Å²) in [5.74, 6) is 0.127. The van der Waals surface area contributed by atoms with E-state index < -0.39 is 12.8 Å². The van der Waals surface area contributed by atoms with Gasteiger partial charge in [0.05, 0.1) is 0 Å². The number of rotatable bonds is 5. The van der Waals surface area contributed by atoms with Crippen LogP contribution < -0.4 is 15.4 Å². The Balaban J connectivity index is 1.76. The van der Waals surface area contributed by atoms with Crippen molar-refractivity contribution in [1.82, 2.24) is 15.5 Å². The van der Waals surface area contributed by atoms with Crippen LogP contribution in [0.5, 0.6) is 5.75 Å². The van der Waals surface area contributed by atoms with E-state index in [1.165, 1.54) is 12.1 Å². The minimum Gasteiger partial charge on any atom is -0.484 e. The summed E-state index contributed by atoms with van der Waals surface area (Å²) in [6.07, 6.45) is -2.56. The number of hydrogen-bond donors (Lipinski definition) is 2. The topological polar surface area (TPSA) is 53.6 Å². The van der Waals surface area contributed by atoms with Crippen molar-refractivity contribution < 1.29 is 22.7 Å². The molecule has 8 heteroatoms. The molecule has 0 aliphatic carbocycles. The highest BCUT2D eigenvalue weighted by Crippen LogP contribution is 2.19. The molecular weight excluding hydrogens is 323 g/mol. The van der Waals surface area contributed by atoms with Crippen molar-refractivity contribution >= 4 is 6.03 Å². The average Bonchev–Trinajstić information content (AvgIpc) is 2.53. The maximum absolute atomic E-state index is 12.1. The van der Waals surface area contributed by atoms with Gasteiger partial charge in [-0.3, -0.25) is 0 Å². The van der Waals surface area contributed by atoms with E-state index in [0.717, 1.165) is 25.9 Å². The summed E-state index contributed by atoms with van der Waals surface area (Å²) >= 11 is 0. The largest absolute Gasteiger partial charge is 0.484 e. The number of likely N-dealkylation sites (tertiary alicyclic amines) is 1. The van der Waals surface area contributed by atoms with Crippen LogP contribution in [0.4, 0.5) is 18.0 Å². The normalized spacial score (nSPS) is 16.7. The molecule has 0 saturated carbocycles. The lowest BCUT2D eigenvalue weighted by molar-refractivity contribution is -0.153. The minimum atomic E-state index is -4.37. The smallest absolute Gasteiger partial charge is 0.422 e. The van der Waals surface area contributed by atoms with E-state index >= 15 is 0 Å². The number of hydrogen-bond acceptors (Lipinski definition) is 3. The number of alkyl halides is 3. The van der Waals surface area contributed by atoms with Gasteiger partial charge >= 0.3 is 12.2 Å². The van der Waals surface area contributed by atoms with Gasteiger partial charge in [0.2, 0.25) is 0 Å². The molecule has 0 atom stereocenters. The molecule has 1 aliphatic heterocycles. The zero-order chi connectivity index (χ0) is 17.6. The van der Waals surface area contributed by atoms with E-state index in [9.17, 15) is 18.0 Å². The molecule has 0 radical (unpaired) electrons. The number of urea groups is 1. The maximum atomic E-state index is 12.1. The first-order valence-electron chi connectivity index (χ1n) is 7.83. The van der Waals surface area contributed by atoms with Crippen molar-refractivity contribution in [2.45, 2.75) is 31.6 Å². The molecule has 2 amide bonds. The standard InChI is InChI=1S/C16H22F3N3O2/c1-22-7-5-13(6-8-22)21-15(23)20-10-12-3-2-4-14(9-12)24-11-16(17,18)19/h2-4,9,13H,5-8,10-11H2,1H3,(H2,20,21,23). The van der Waals surface area contributed by atoms with Crippen LogP contribution in [0, 0.1) is 0 Å². The summed E-state index contributed by atoms with van der Waals surface area (Å²) < 4.78 is 41.1. The van der Waals surface area contributed by atoms with Gasteiger partial charge in [-0.05, 0) is 50.7 Å². The lowest BCUT2D eigenvalue weighted by atomic mass is 10.1. The summed E-state index contributed by atoms with van der Waals surface area (Å²) in [4.78, 5) is 14.1. The van der Waals surface area contributed by atoms with Gasteiger partial charge < -0.3 is 20.3 Å². The second-order valence-electron chi connectivity index (χ2n) is 5.96. The quantitative estimate of drug-likeness (QED) is 0.862. The van der Waals surface area contributed by atoms with Crippen LogP contribution in [0.2, 0.25) is 0 Å². The fourth-order valence-corrected chi connectivity index (χ4v) is 2.48. The number of piperidine rings is 1. The fraction of sp³-hybridized carbons (Fsp3) is 0.562.